The Morgan fingerprint density at radius 2 is 1.75 bits per heavy atom. The van der Waals surface area contributed by atoms with E-state index < -0.39 is 11.5 Å². The molecule has 1 aliphatic carbocycles. The van der Waals surface area contributed by atoms with Gasteiger partial charge in [0, 0.05) is 12.6 Å². The van der Waals surface area contributed by atoms with Crippen LogP contribution in [0, 0.1) is 6.92 Å². The van der Waals surface area contributed by atoms with Crippen LogP contribution >= 0.6 is 0 Å². The molecule has 2 rings (SSSR count). The van der Waals surface area contributed by atoms with Gasteiger partial charge in [-0.3, -0.25) is 4.79 Å². The van der Waals surface area contributed by atoms with E-state index in [0.717, 1.165) is 24.8 Å². The van der Waals surface area contributed by atoms with E-state index in [1.54, 1.807) is 13.1 Å². The number of carboxylic acid groups (broad SMARTS) is 1. The summed E-state index contributed by atoms with van der Waals surface area (Å²) in [4.78, 5) is 25.8. The lowest BCUT2D eigenvalue weighted by Gasteiger charge is -2.41. The van der Waals surface area contributed by atoms with E-state index in [1.807, 2.05) is 25.1 Å². The van der Waals surface area contributed by atoms with Crippen LogP contribution in [-0.4, -0.2) is 34.5 Å². The molecule has 1 aliphatic rings. The average molecular weight is 275 g/mol. The molecular formula is C16H21NO3. The highest BCUT2D eigenvalue weighted by atomic mass is 16.4. The Bertz CT molecular complexity index is 518. The second kappa shape index (κ2) is 5.65. The van der Waals surface area contributed by atoms with Crippen LogP contribution in [0.1, 0.15) is 48.0 Å². The summed E-state index contributed by atoms with van der Waals surface area (Å²) in [6.07, 6.45) is 3.84. The number of hydrogen-bond donors (Lipinski definition) is 1. The summed E-state index contributed by atoms with van der Waals surface area (Å²) in [5.74, 6) is -1.09. The van der Waals surface area contributed by atoms with Crippen LogP contribution in [0.5, 0.6) is 0 Å². The number of amides is 1. The molecule has 0 saturated heterocycles. The van der Waals surface area contributed by atoms with Gasteiger partial charge in [-0.2, -0.15) is 0 Å². The minimum absolute atomic E-state index is 0.201. The Morgan fingerprint density at radius 3 is 2.30 bits per heavy atom. The molecule has 0 radical (unpaired) electrons. The molecule has 1 aromatic rings. The molecule has 1 fully saturated rings. The molecule has 0 unspecified atom stereocenters. The summed E-state index contributed by atoms with van der Waals surface area (Å²) in [6.45, 7) is 1.87. The first-order chi connectivity index (χ1) is 9.49. The van der Waals surface area contributed by atoms with Crippen molar-refractivity contribution in [3.05, 3.63) is 35.4 Å². The van der Waals surface area contributed by atoms with Gasteiger partial charge in [-0.05, 0) is 31.4 Å². The number of aliphatic carboxylic acids is 1. The lowest BCUT2D eigenvalue weighted by molar-refractivity contribution is -0.151. The van der Waals surface area contributed by atoms with E-state index in [2.05, 4.69) is 0 Å². The quantitative estimate of drug-likeness (QED) is 0.922. The summed E-state index contributed by atoms with van der Waals surface area (Å²) in [7, 11) is 1.62. The van der Waals surface area contributed by atoms with Crippen molar-refractivity contribution >= 4 is 11.9 Å². The number of likely N-dealkylation sites (N-methyl/N-ethyl adjacent to an activating group) is 1. The number of nitrogens with zero attached hydrogens (tertiary/aromatic N) is 1. The summed E-state index contributed by atoms with van der Waals surface area (Å²) >= 11 is 0. The van der Waals surface area contributed by atoms with Gasteiger partial charge in [0.05, 0.1) is 0 Å². The van der Waals surface area contributed by atoms with E-state index in [4.69, 9.17) is 0 Å². The van der Waals surface area contributed by atoms with Crippen LogP contribution < -0.4 is 0 Å². The van der Waals surface area contributed by atoms with Gasteiger partial charge in [0.15, 0.2) is 0 Å². The number of aryl methyl sites for hydroxylation is 1. The van der Waals surface area contributed by atoms with Gasteiger partial charge in [-0.25, -0.2) is 4.79 Å². The molecular weight excluding hydrogens is 254 g/mol. The molecule has 0 heterocycles. The molecule has 1 amide bonds. The fourth-order valence-electron chi connectivity index (χ4n) is 3.02. The van der Waals surface area contributed by atoms with E-state index >= 15 is 0 Å². The van der Waals surface area contributed by atoms with Crippen molar-refractivity contribution in [1.29, 1.82) is 0 Å². The molecule has 0 atom stereocenters. The highest BCUT2D eigenvalue weighted by Gasteiger charge is 2.45. The highest BCUT2D eigenvalue weighted by Crippen LogP contribution is 2.34. The lowest BCUT2D eigenvalue weighted by atomic mass is 9.80. The van der Waals surface area contributed by atoms with Gasteiger partial charge >= 0.3 is 5.97 Å². The number of carboxylic acids is 1. The molecule has 1 aromatic carbocycles. The van der Waals surface area contributed by atoms with Crippen LogP contribution in [0.4, 0.5) is 0 Å². The molecule has 4 heteroatoms. The molecule has 0 spiro atoms. The molecule has 0 aliphatic heterocycles. The zero-order valence-electron chi connectivity index (χ0n) is 12.1. The van der Waals surface area contributed by atoms with E-state index in [9.17, 15) is 14.7 Å². The summed E-state index contributed by atoms with van der Waals surface area (Å²) < 4.78 is 0. The van der Waals surface area contributed by atoms with E-state index in [1.165, 1.54) is 4.90 Å². The van der Waals surface area contributed by atoms with Crippen LogP contribution in [-0.2, 0) is 4.79 Å². The molecule has 20 heavy (non-hydrogen) atoms. The van der Waals surface area contributed by atoms with Crippen molar-refractivity contribution in [2.24, 2.45) is 0 Å². The van der Waals surface area contributed by atoms with Crippen molar-refractivity contribution in [3.8, 4) is 0 Å². The van der Waals surface area contributed by atoms with Gasteiger partial charge in [0.1, 0.15) is 5.54 Å². The van der Waals surface area contributed by atoms with Gasteiger partial charge < -0.3 is 10.0 Å². The van der Waals surface area contributed by atoms with Crippen molar-refractivity contribution in [3.63, 3.8) is 0 Å². The van der Waals surface area contributed by atoms with Gasteiger partial charge in [0.25, 0.3) is 5.91 Å². The highest BCUT2D eigenvalue weighted by molar-refractivity contribution is 5.98. The number of rotatable bonds is 3. The van der Waals surface area contributed by atoms with E-state index in [-0.39, 0.29) is 5.91 Å². The van der Waals surface area contributed by atoms with E-state index in [0.29, 0.717) is 18.4 Å². The van der Waals surface area contributed by atoms with Gasteiger partial charge in [0.2, 0.25) is 0 Å². The Kier molecular flexibility index (Phi) is 4.12. The maximum Gasteiger partial charge on any atom is 0.329 e. The predicted molar refractivity (Wildman–Crippen MR) is 76.7 cm³/mol. The Hall–Kier alpha value is -1.84. The maximum atomic E-state index is 12.6. The smallest absolute Gasteiger partial charge is 0.329 e. The first-order valence-electron chi connectivity index (χ1n) is 7.06. The van der Waals surface area contributed by atoms with Crippen molar-refractivity contribution in [2.75, 3.05) is 7.05 Å². The number of carbonyl (C=O) groups is 2. The van der Waals surface area contributed by atoms with Gasteiger partial charge in [-0.1, -0.05) is 37.5 Å². The zero-order chi connectivity index (χ0) is 14.8. The van der Waals surface area contributed by atoms with Crippen molar-refractivity contribution in [1.82, 2.24) is 4.90 Å². The second-order valence-corrected chi connectivity index (χ2v) is 5.58. The topological polar surface area (TPSA) is 57.6 Å². The summed E-state index contributed by atoms with van der Waals surface area (Å²) in [5, 5.41) is 9.63. The number of benzene rings is 1. The number of hydrogen-bond acceptors (Lipinski definition) is 2. The molecule has 1 saturated carbocycles. The zero-order valence-corrected chi connectivity index (χ0v) is 12.1. The average Bonchev–Trinajstić information content (AvgIpc) is 2.47. The predicted octanol–water partition coefficient (Wildman–Crippen LogP) is 2.85. The fraction of sp³-hybridized carbons (Fsp3) is 0.500. The van der Waals surface area contributed by atoms with Crippen LogP contribution in [0.3, 0.4) is 0 Å². The third-order valence-electron chi connectivity index (χ3n) is 4.40. The Balaban J connectivity index is 2.33. The minimum atomic E-state index is -1.04. The maximum absolute atomic E-state index is 12.6. The molecule has 108 valence electrons. The van der Waals surface area contributed by atoms with Gasteiger partial charge in [-0.15, -0.1) is 0 Å². The first-order valence-corrected chi connectivity index (χ1v) is 7.06. The largest absolute Gasteiger partial charge is 0.479 e. The minimum Gasteiger partial charge on any atom is -0.479 e. The molecule has 0 aromatic heterocycles. The van der Waals surface area contributed by atoms with Crippen LogP contribution in [0.15, 0.2) is 24.3 Å². The summed E-state index contributed by atoms with van der Waals surface area (Å²) in [5.41, 5.74) is 0.416. The number of carbonyl (C=O) groups excluding carboxylic acids is 1. The fourth-order valence-corrected chi connectivity index (χ4v) is 3.02. The molecule has 4 nitrogen and oxygen atoms in total. The Morgan fingerprint density at radius 1 is 1.15 bits per heavy atom. The molecule has 1 N–H and O–H groups in total. The second-order valence-electron chi connectivity index (χ2n) is 5.58. The standard InChI is InChI=1S/C16H21NO3/c1-12-8-4-5-9-13(12)14(18)17(2)16(15(19)20)10-6-3-7-11-16/h4-5,8-9H,3,6-7,10-11H2,1-2H3,(H,19,20). The van der Waals surface area contributed by atoms with Crippen molar-refractivity contribution in [2.45, 2.75) is 44.6 Å². The lowest BCUT2D eigenvalue weighted by Crippen LogP contribution is -2.56. The third kappa shape index (κ3) is 2.42. The third-order valence-corrected chi connectivity index (χ3v) is 4.40. The molecule has 0 bridgehead atoms. The monoisotopic (exact) mass is 275 g/mol. The van der Waals surface area contributed by atoms with Crippen LogP contribution in [0.2, 0.25) is 0 Å². The first kappa shape index (κ1) is 14.6. The summed E-state index contributed by atoms with van der Waals surface area (Å²) in [6, 6.07) is 7.31. The SMILES string of the molecule is Cc1ccccc1C(=O)N(C)C1(C(=O)O)CCCCC1. The van der Waals surface area contributed by atoms with Crippen LogP contribution in [0.25, 0.3) is 0 Å². The van der Waals surface area contributed by atoms with Crippen molar-refractivity contribution < 1.29 is 14.7 Å². The normalized spacial score (nSPS) is 17.5. The Labute approximate surface area is 119 Å².